The Hall–Kier alpha value is -2.60. The summed E-state index contributed by atoms with van der Waals surface area (Å²) < 4.78 is 11.0. The van der Waals surface area contributed by atoms with Crippen LogP contribution in [0.25, 0.3) is 11.3 Å². The van der Waals surface area contributed by atoms with Crippen LogP contribution >= 0.6 is 0 Å². The number of furan rings is 1. The standard InChI is InChI=1S/C24H30N2O4/c1-29-16-24(28)26-13-12-21-19(15-26)14-22(30-21)18-7-9-20(10-8-18)25-23(27)11-6-17-4-2-3-5-17/h7-10,14,17H,2-6,11-13,15-16H2,1H3,(H,25,27). The van der Waals surface area contributed by atoms with Gasteiger partial charge in [-0.05, 0) is 42.7 Å². The lowest BCUT2D eigenvalue weighted by molar-refractivity contribution is -0.136. The Morgan fingerprint density at radius 3 is 2.70 bits per heavy atom. The molecule has 2 heterocycles. The van der Waals surface area contributed by atoms with Gasteiger partial charge < -0.3 is 19.4 Å². The predicted octanol–water partition coefficient (Wildman–Crippen LogP) is 4.39. The van der Waals surface area contributed by atoms with Crippen molar-refractivity contribution in [1.82, 2.24) is 4.90 Å². The van der Waals surface area contributed by atoms with Gasteiger partial charge in [0.25, 0.3) is 0 Å². The Bertz CT molecular complexity index is 881. The highest BCUT2D eigenvalue weighted by Gasteiger charge is 2.24. The van der Waals surface area contributed by atoms with Crippen LogP contribution in [0.5, 0.6) is 0 Å². The van der Waals surface area contributed by atoms with Crippen LogP contribution < -0.4 is 5.32 Å². The Kier molecular flexibility index (Phi) is 6.53. The molecular formula is C24H30N2O4. The van der Waals surface area contributed by atoms with Crippen LogP contribution in [0.3, 0.4) is 0 Å². The van der Waals surface area contributed by atoms with Crippen molar-refractivity contribution in [2.45, 2.75) is 51.5 Å². The molecule has 1 saturated carbocycles. The lowest BCUT2D eigenvalue weighted by atomic mass is 10.0. The number of fused-ring (bicyclic) bond motifs is 1. The lowest BCUT2D eigenvalue weighted by Crippen LogP contribution is -2.37. The molecule has 0 bridgehead atoms. The smallest absolute Gasteiger partial charge is 0.248 e. The van der Waals surface area contributed by atoms with Crippen LogP contribution in [-0.4, -0.2) is 37.0 Å². The summed E-state index contributed by atoms with van der Waals surface area (Å²) in [7, 11) is 1.53. The van der Waals surface area contributed by atoms with E-state index in [2.05, 4.69) is 5.32 Å². The largest absolute Gasteiger partial charge is 0.461 e. The second-order valence-corrected chi connectivity index (χ2v) is 8.37. The van der Waals surface area contributed by atoms with E-state index < -0.39 is 0 Å². The van der Waals surface area contributed by atoms with Crippen molar-refractivity contribution in [3.05, 3.63) is 41.7 Å². The highest BCUT2D eigenvalue weighted by atomic mass is 16.5. The average Bonchev–Trinajstić information content (AvgIpc) is 3.42. The normalized spacial score (nSPS) is 16.5. The molecule has 0 radical (unpaired) electrons. The quantitative estimate of drug-likeness (QED) is 0.735. The number of ether oxygens (including phenoxy) is 1. The maximum absolute atomic E-state index is 12.2. The number of rotatable bonds is 7. The fourth-order valence-corrected chi connectivity index (χ4v) is 4.48. The van der Waals surface area contributed by atoms with Crippen molar-refractivity contribution in [3.63, 3.8) is 0 Å². The highest BCUT2D eigenvalue weighted by molar-refractivity contribution is 5.90. The van der Waals surface area contributed by atoms with Crippen LogP contribution in [0.15, 0.2) is 34.7 Å². The molecule has 1 N–H and O–H groups in total. The molecule has 1 aliphatic heterocycles. The van der Waals surface area contributed by atoms with E-state index >= 15 is 0 Å². The van der Waals surface area contributed by atoms with Crippen molar-refractivity contribution >= 4 is 17.5 Å². The average molecular weight is 411 g/mol. The summed E-state index contributed by atoms with van der Waals surface area (Å²) in [5.74, 6) is 2.54. The molecular weight excluding hydrogens is 380 g/mol. The molecule has 2 amide bonds. The Balaban J connectivity index is 1.34. The van der Waals surface area contributed by atoms with Gasteiger partial charge in [0.1, 0.15) is 18.1 Å². The number of nitrogens with one attached hydrogen (secondary N) is 1. The van der Waals surface area contributed by atoms with Crippen LogP contribution in [0.2, 0.25) is 0 Å². The molecule has 160 valence electrons. The molecule has 6 heteroatoms. The van der Waals surface area contributed by atoms with Crippen LogP contribution in [0.1, 0.15) is 49.8 Å². The van der Waals surface area contributed by atoms with Crippen molar-refractivity contribution in [2.24, 2.45) is 5.92 Å². The maximum Gasteiger partial charge on any atom is 0.248 e. The predicted molar refractivity (Wildman–Crippen MR) is 115 cm³/mol. The van der Waals surface area contributed by atoms with Gasteiger partial charge in [0, 0.05) is 49.9 Å². The number of anilines is 1. The summed E-state index contributed by atoms with van der Waals surface area (Å²) in [6.07, 6.45) is 7.46. The molecule has 4 rings (SSSR count). The summed E-state index contributed by atoms with van der Waals surface area (Å²) in [6, 6.07) is 9.77. The van der Waals surface area contributed by atoms with Crippen molar-refractivity contribution < 1.29 is 18.7 Å². The topological polar surface area (TPSA) is 71.8 Å². The summed E-state index contributed by atoms with van der Waals surface area (Å²) in [6.45, 7) is 1.30. The monoisotopic (exact) mass is 410 g/mol. The van der Waals surface area contributed by atoms with Gasteiger partial charge >= 0.3 is 0 Å². The number of amides is 2. The van der Waals surface area contributed by atoms with Gasteiger partial charge in [0.15, 0.2) is 0 Å². The Labute approximate surface area is 177 Å². The van der Waals surface area contributed by atoms with E-state index in [-0.39, 0.29) is 18.4 Å². The third kappa shape index (κ3) is 4.93. The zero-order valence-electron chi connectivity index (χ0n) is 17.6. The summed E-state index contributed by atoms with van der Waals surface area (Å²) in [5.41, 5.74) is 2.82. The number of methoxy groups -OCH3 is 1. The first-order valence-electron chi connectivity index (χ1n) is 10.9. The minimum absolute atomic E-state index is 0.000995. The number of carbonyl (C=O) groups is 2. The molecule has 0 saturated heterocycles. The van der Waals surface area contributed by atoms with Crippen molar-refractivity contribution in [3.8, 4) is 11.3 Å². The Morgan fingerprint density at radius 2 is 1.97 bits per heavy atom. The highest BCUT2D eigenvalue weighted by Crippen LogP contribution is 2.31. The van der Waals surface area contributed by atoms with E-state index in [0.29, 0.717) is 25.9 Å². The maximum atomic E-state index is 12.2. The molecule has 0 unspecified atom stereocenters. The minimum Gasteiger partial charge on any atom is -0.461 e. The zero-order chi connectivity index (χ0) is 20.9. The van der Waals surface area contributed by atoms with Crippen LogP contribution in [0, 0.1) is 5.92 Å². The molecule has 2 aromatic rings. The van der Waals surface area contributed by atoms with Crippen LogP contribution in [-0.2, 0) is 27.3 Å². The SMILES string of the molecule is COCC(=O)N1CCc2oc(-c3ccc(NC(=O)CCC4CCCC4)cc3)cc2C1. The van der Waals surface area contributed by atoms with Crippen molar-refractivity contribution in [1.29, 1.82) is 0 Å². The molecule has 0 spiro atoms. The van der Waals surface area contributed by atoms with Gasteiger partial charge in [-0.2, -0.15) is 0 Å². The molecule has 0 atom stereocenters. The molecule has 6 nitrogen and oxygen atoms in total. The number of hydrogen-bond donors (Lipinski definition) is 1. The van der Waals surface area contributed by atoms with E-state index in [0.717, 1.165) is 40.7 Å². The van der Waals surface area contributed by atoms with Gasteiger partial charge in [-0.1, -0.05) is 25.7 Å². The van der Waals surface area contributed by atoms with E-state index in [1.54, 1.807) is 4.90 Å². The minimum atomic E-state index is -0.000995. The molecule has 1 aromatic heterocycles. The first-order valence-corrected chi connectivity index (χ1v) is 10.9. The first-order chi connectivity index (χ1) is 14.6. The fourth-order valence-electron chi connectivity index (χ4n) is 4.48. The molecule has 1 aromatic carbocycles. The molecule has 1 aliphatic carbocycles. The summed E-state index contributed by atoms with van der Waals surface area (Å²) >= 11 is 0. The van der Waals surface area contributed by atoms with Crippen LogP contribution in [0.4, 0.5) is 5.69 Å². The molecule has 2 aliphatic rings. The number of benzene rings is 1. The summed E-state index contributed by atoms with van der Waals surface area (Å²) in [5, 5.41) is 3.00. The third-order valence-electron chi connectivity index (χ3n) is 6.19. The second-order valence-electron chi connectivity index (χ2n) is 8.37. The Morgan fingerprint density at radius 1 is 1.20 bits per heavy atom. The van der Waals surface area contributed by atoms with Gasteiger partial charge in [-0.3, -0.25) is 9.59 Å². The fraction of sp³-hybridized carbons (Fsp3) is 0.500. The first kappa shape index (κ1) is 20.7. The number of hydrogen-bond acceptors (Lipinski definition) is 4. The summed E-state index contributed by atoms with van der Waals surface area (Å²) in [4.78, 5) is 26.1. The van der Waals surface area contributed by atoms with E-state index in [4.69, 9.17) is 9.15 Å². The third-order valence-corrected chi connectivity index (χ3v) is 6.19. The molecule has 1 fully saturated rings. The van der Waals surface area contributed by atoms with E-state index in [1.165, 1.54) is 32.8 Å². The zero-order valence-corrected chi connectivity index (χ0v) is 17.6. The number of carbonyl (C=O) groups excluding carboxylic acids is 2. The second kappa shape index (κ2) is 9.47. The van der Waals surface area contributed by atoms with E-state index in [9.17, 15) is 9.59 Å². The molecule has 30 heavy (non-hydrogen) atoms. The lowest BCUT2D eigenvalue weighted by Gasteiger charge is -2.25. The van der Waals surface area contributed by atoms with Gasteiger partial charge in [0.05, 0.1) is 0 Å². The van der Waals surface area contributed by atoms with Crippen molar-refractivity contribution in [2.75, 3.05) is 25.6 Å². The van der Waals surface area contributed by atoms with Gasteiger partial charge in [-0.25, -0.2) is 0 Å². The van der Waals surface area contributed by atoms with Gasteiger partial charge in [0.2, 0.25) is 11.8 Å². The number of nitrogens with zero attached hydrogens (tertiary/aromatic N) is 1. The van der Waals surface area contributed by atoms with E-state index in [1.807, 2.05) is 30.3 Å². The van der Waals surface area contributed by atoms with Gasteiger partial charge in [-0.15, -0.1) is 0 Å².